The molecular formula is C36H54O2S. The van der Waals surface area contributed by atoms with Gasteiger partial charge in [0, 0.05) is 5.25 Å². The van der Waals surface area contributed by atoms with E-state index in [9.17, 15) is 4.79 Å². The number of fused-ring (bicyclic) bond motifs is 5. The Morgan fingerprint density at radius 2 is 1.74 bits per heavy atom. The topological polar surface area (TPSA) is 26.3 Å². The maximum Gasteiger partial charge on any atom is 0.229 e. The predicted octanol–water partition coefficient (Wildman–Crippen LogP) is 10.1. The number of rotatable bonds is 9. The summed E-state index contributed by atoms with van der Waals surface area (Å²) >= 11 is 1.55. The van der Waals surface area contributed by atoms with E-state index in [1.54, 1.807) is 17.3 Å². The van der Waals surface area contributed by atoms with Crippen molar-refractivity contribution in [2.24, 2.45) is 46.3 Å². The van der Waals surface area contributed by atoms with Gasteiger partial charge in [0.1, 0.15) is 5.75 Å². The summed E-state index contributed by atoms with van der Waals surface area (Å²) in [6.45, 7) is 14.5. The lowest BCUT2D eigenvalue weighted by molar-refractivity contribution is -0.116. The highest BCUT2D eigenvalue weighted by molar-refractivity contribution is 8.14. The first-order valence-electron chi connectivity index (χ1n) is 16.2. The van der Waals surface area contributed by atoms with E-state index in [0.29, 0.717) is 16.1 Å². The van der Waals surface area contributed by atoms with E-state index in [0.717, 1.165) is 54.1 Å². The second-order valence-electron chi connectivity index (χ2n) is 14.7. The van der Waals surface area contributed by atoms with Crippen LogP contribution in [0.15, 0.2) is 42.0 Å². The third kappa shape index (κ3) is 5.91. The van der Waals surface area contributed by atoms with Crippen LogP contribution >= 0.6 is 11.8 Å². The summed E-state index contributed by atoms with van der Waals surface area (Å²) in [5.41, 5.74) is 2.57. The van der Waals surface area contributed by atoms with Gasteiger partial charge in [-0.25, -0.2) is 0 Å². The van der Waals surface area contributed by atoms with Crippen molar-refractivity contribution >= 4 is 16.9 Å². The molecule has 216 valence electrons. The van der Waals surface area contributed by atoms with Crippen molar-refractivity contribution in [3.63, 3.8) is 0 Å². The molecule has 0 unspecified atom stereocenters. The zero-order valence-corrected chi connectivity index (χ0v) is 26.4. The van der Waals surface area contributed by atoms with Crippen molar-refractivity contribution in [2.75, 3.05) is 0 Å². The van der Waals surface area contributed by atoms with E-state index < -0.39 is 6.10 Å². The number of carbonyl (C=O) groups is 1. The summed E-state index contributed by atoms with van der Waals surface area (Å²) in [6, 6.07) is 9.75. The number of hydrogen-bond donors (Lipinski definition) is 0. The summed E-state index contributed by atoms with van der Waals surface area (Å²) in [4.78, 5) is 13.0. The van der Waals surface area contributed by atoms with E-state index in [1.807, 2.05) is 37.3 Å². The fourth-order valence-corrected chi connectivity index (χ4v) is 10.8. The van der Waals surface area contributed by atoms with Crippen LogP contribution in [-0.4, -0.2) is 16.5 Å². The van der Waals surface area contributed by atoms with Gasteiger partial charge in [-0.2, -0.15) is 0 Å². The Balaban J connectivity index is 1.21. The molecule has 39 heavy (non-hydrogen) atoms. The van der Waals surface area contributed by atoms with Crippen LogP contribution in [0.4, 0.5) is 0 Å². The molecule has 0 aliphatic heterocycles. The summed E-state index contributed by atoms with van der Waals surface area (Å²) in [6.07, 6.45) is 17.0. The molecule has 0 heterocycles. The lowest BCUT2D eigenvalue weighted by atomic mass is 9.47. The fourth-order valence-electron chi connectivity index (χ4n) is 9.76. The van der Waals surface area contributed by atoms with Crippen LogP contribution in [0.3, 0.4) is 0 Å². The Hall–Kier alpha value is -1.22. The van der Waals surface area contributed by atoms with Gasteiger partial charge in [-0.15, -0.1) is 0 Å². The van der Waals surface area contributed by atoms with Crippen LogP contribution in [0.25, 0.3) is 0 Å². The van der Waals surface area contributed by atoms with Gasteiger partial charge in [0.15, 0.2) is 6.10 Å². The third-order valence-corrected chi connectivity index (χ3v) is 13.2. The highest BCUT2D eigenvalue weighted by Gasteiger charge is 2.59. The van der Waals surface area contributed by atoms with Crippen molar-refractivity contribution in [3.8, 4) is 5.75 Å². The number of carbonyl (C=O) groups excluding carboxylic acids is 1. The molecule has 3 fully saturated rings. The first kappa shape index (κ1) is 29.3. The molecule has 0 radical (unpaired) electrons. The molecule has 4 aliphatic rings. The molecule has 9 atom stereocenters. The van der Waals surface area contributed by atoms with Crippen LogP contribution in [0.1, 0.15) is 112 Å². The third-order valence-electron chi connectivity index (χ3n) is 11.9. The van der Waals surface area contributed by atoms with Crippen LogP contribution in [0, 0.1) is 46.3 Å². The highest BCUT2D eigenvalue weighted by Crippen LogP contribution is 2.67. The predicted molar refractivity (Wildman–Crippen MR) is 166 cm³/mol. The van der Waals surface area contributed by atoms with Gasteiger partial charge < -0.3 is 4.74 Å². The van der Waals surface area contributed by atoms with Gasteiger partial charge in [0.2, 0.25) is 5.12 Å². The molecular weight excluding hydrogens is 496 g/mol. The van der Waals surface area contributed by atoms with Gasteiger partial charge in [0.25, 0.3) is 0 Å². The summed E-state index contributed by atoms with van der Waals surface area (Å²) in [5, 5.41) is 0.571. The molecule has 0 N–H and O–H groups in total. The Kier molecular flexibility index (Phi) is 8.97. The molecule has 4 aliphatic carbocycles. The SMILES string of the molecule is CC(C)CCC[C@H](C)[C@H]1CC[C@H]2[C@@H]3CC=C4C[C@H](SC(=O)[C@@H](C)Oc5ccccc5)CC[C@]4(C)[C@H]3CC[C@]12C. The Bertz CT molecular complexity index is 1020. The minimum absolute atomic E-state index is 0.176. The van der Waals surface area contributed by atoms with Gasteiger partial charge >= 0.3 is 0 Å². The second-order valence-corrected chi connectivity index (χ2v) is 16.0. The van der Waals surface area contributed by atoms with Gasteiger partial charge in [-0.05, 0) is 117 Å². The van der Waals surface area contributed by atoms with E-state index in [4.69, 9.17) is 4.74 Å². The second kappa shape index (κ2) is 11.9. The molecule has 5 rings (SSSR count). The average Bonchev–Trinajstić information content (AvgIpc) is 3.26. The summed E-state index contributed by atoms with van der Waals surface area (Å²) in [5.74, 6) is 6.03. The van der Waals surface area contributed by atoms with E-state index in [-0.39, 0.29) is 5.12 Å². The van der Waals surface area contributed by atoms with Gasteiger partial charge in [0.05, 0.1) is 0 Å². The van der Waals surface area contributed by atoms with Gasteiger partial charge in [-0.3, -0.25) is 4.79 Å². The lowest BCUT2D eigenvalue weighted by Crippen LogP contribution is -2.50. The van der Waals surface area contributed by atoms with E-state index in [2.05, 4.69) is 40.7 Å². The molecule has 3 heteroatoms. The largest absolute Gasteiger partial charge is 0.482 e. The van der Waals surface area contributed by atoms with E-state index >= 15 is 0 Å². The molecule has 0 saturated heterocycles. The Morgan fingerprint density at radius 1 is 0.974 bits per heavy atom. The first-order valence-corrected chi connectivity index (χ1v) is 17.1. The molecule has 0 bridgehead atoms. The smallest absolute Gasteiger partial charge is 0.229 e. The van der Waals surface area contributed by atoms with Crippen molar-refractivity contribution in [1.82, 2.24) is 0 Å². The number of allylic oxidation sites excluding steroid dienone is 2. The molecule has 0 spiro atoms. The number of hydrogen-bond acceptors (Lipinski definition) is 3. The number of para-hydroxylation sites is 1. The minimum atomic E-state index is -0.408. The highest BCUT2D eigenvalue weighted by atomic mass is 32.2. The van der Waals surface area contributed by atoms with Crippen molar-refractivity contribution in [2.45, 2.75) is 124 Å². The first-order chi connectivity index (χ1) is 18.6. The monoisotopic (exact) mass is 550 g/mol. The number of thioether (sulfide) groups is 1. The van der Waals surface area contributed by atoms with Crippen LogP contribution < -0.4 is 4.74 Å². The normalized spacial score (nSPS) is 37.3. The molecule has 1 aromatic carbocycles. The van der Waals surface area contributed by atoms with Crippen LogP contribution in [-0.2, 0) is 4.79 Å². The van der Waals surface area contributed by atoms with Crippen molar-refractivity contribution in [1.29, 1.82) is 0 Å². The Labute approximate surface area is 243 Å². The Morgan fingerprint density at radius 3 is 2.49 bits per heavy atom. The lowest BCUT2D eigenvalue weighted by Gasteiger charge is -2.58. The molecule has 0 aromatic heterocycles. The molecule has 2 nitrogen and oxygen atoms in total. The summed E-state index contributed by atoms with van der Waals surface area (Å²) < 4.78 is 5.94. The maximum absolute atomic E-state index is 13.0. The summed E-state index contributed by atoms with van der Waals surface area (Å²) in [7, 11) is 0. The minimum Gasteiger partial charge on any atom is -0.482 e. The maximum atomic E-state index is 13.0. The molecule has 1 aromatic rings. The van der Waals surface area contributed by atoms with Crippen molar-refractivity contribution < 1.29 is 9.53 Å². The number of benzene rings is 1. The average molecular weight is 551 g/mol. The number of ether oxygens (including phenoxy) is 1. The zero-order valence-electron chi connectivity index (χ0n) is 25.6. The standard InChI is InChI=1S/C36H54O2S/c1-24(2)11-10-12-25(3)31-17-18-32-30-16-15-27-23-29(19-21-35(27,5)33(30)20-22-36(31,32)6)39-34(37)26(4)38-28-13-8-7-9-14-28/h7-9,13-15,24-26,29-33H,10-12,16-23H2,1-6H3/t25-,26+,29+,30-,31+,32-,33-,35-,36+/m0/s1. The quantitative estimate of drug-likeness (QED) is 0.286. The zero-order chi connectivity index (χ0) is 27.8. The van der Waals surface area contributed by atoms with E-state index in [1.165, 1.54) is 57.8 Å². The van der Waals surface area contributed by atoms with Crippen molar-refractivity contribution in [3.05, 3.63) is 42.0 Å². The van der Waals surface area contributed by atoms with Gasteiger partial charge in [-0.1, -0.05) is 95.5 Å². The molecule has 0 amide bonds. The van der Waals surface area contributed by atoms with Crippen LogP contribution in [0.2, 0.25) is 0 Å². The van der Waals surface area contributed by atoms with Crippen LogP contribution in [0.5, 0.6) is 5.75 Å². The molecule has 3 saturated carbocycles. The fraction of sp³-hybridized carbons (Fsp3) is 0.750.